The molecule has 0 spiro atoms. The summed E-state index contributed by atoms with van der Waals surface area (Å²) in [7, 11) is 1.38. The molecule has 0 atom stereocenters. The maximum atomic E-state index is 11.6. The fourth-order valence-electron chi connectivity index (χ4n) is 1.87. The molecule has 0 unspecified atom stereocenters. The normalized spacial score (nSPS) is 20.9. The first-order valence-corrected chi connectivity index (χ1v) is 4.86. The molecule has 82 valence electrons. The maximum Gasteiger partial charge on any atom is 0.316 e. The third-order valence-corrected chi connectivity index (χ3v) is 2.87. The van der Waals surface area contributed by atoms with E-state index in [1.54, 1.807) is 13.8 Å². The zero-order valence-corrected chi connectivity index (χ0v) is 9.25. The molecular formula is C10H18O4. The lowest BCUT2D eigenvalue weighted by molar-refractivity contribution is -0.236. The smallest absolute Gasteiger partial charge is 0.316 e. The van der Waals surface area contributed by atoms with E-state index in [1.165, 1.54) is 7.11 Å². The SMILES string of the molecule is CCC1(C(C)(C)C(=O)OC)OCCO1. The Morgan fingerprint density at radius 3 is 2.29 bits per heavy atom. The van der Waals surface area contributed by atoms with Gasteiger partial charge < -0.3 is 14.2 Å². The van der Waals surface area contributed by atoms with E-state index in [4.69, 9.17) is 14.2 Å². The molecule has 4 heteroatoms. The molecule has 0 N–H and O–H groups in total. The van der Waals surface area contributed by atoms with Crippen LogP contribution in [0.5, 0.6) is 0 Å². The van der Waals surface area contributed by atoms with Crippen LogP contribution in [0.15, 0.2) is 0 Å². The topological polar surface area (TPSA) is 44.8 Å². The van der Waals surface area contributed by atoms with Gasteiger partial charge in [0.2, 0.25) is 0 Å². The average Bonchev–Trinajstić information content (AvgIpc) is 2.66. The van der Waals surface area contributed by atoms with Crippen molar-refractivity contribution in [1.82, 2.24) is 0 Å². The summed E-state index contributed by atoms with van der Waals surface area (Å²) in [5.41, 5.74) is -0.771. The first-order chi connectivity index (χ1) is 6.50. The second-order valence-electron chi connectivity index (χ2n) is 3.92. The maximum absolute atomic E-state index is 11.6. The summed E-state index contributed by atoms with van der Waals surface area (Å²) in [5.74, 6) is -1.12. The molecule has 1 aliphatic rings. The Kier molecular flexibility index (Phi) is 3.17. The number of methoxy groups -OCH3 is 1. The molecule has 0 aliphatic carbocycles. The van der Waals surface area contributed by atoms with Crippen molar-refractivity contribution in [3.8, 4) is 0 Å². The number of esters is 1. The molecule has 0 amide bonds. The highest BCUT2D eigenvalue weighted by Gasteiger charge is 2.54. The van der Waals surface area contributed by atoms with Gasteiger partial charge in [-0.1, -0.05) is 6.92 Å². The molecule has 0 aromatic rings. The molecule has 4 nitrogen and oxygen atoms in total. The van der Waals surface area contributed by atoms with Gasteiger partial charge >= 0.3 is 5.97 Å². The Morgan fingerprint density at radius 1 is 1.43 bits per heavy atom. The number of carbonyl (C=O) groups excluding carboxylic acids is 1. The fraction of sp³-hybridized carbons (Fsp3) is 0.900. The van der Waals surface area contributed by atoms with Gasteiger partial charge in [-0.05, 0) is 20.3 Å². The van der Waals surface area contributed by atoms with Crippen LogP contribution in [0.25, 0.3) is 0 Å². The van der Waals surface area contributed by atoms with Crippen LogP contribution < -0.4 is 0 Å². The van der Waals surface area contributed by atoms with Gasteiger partial charge in [0, 0.05) is 0 Å². The van der Waals surface area contributed by atoms with E-state index in [0.29, 0.717) is 19.6 Å². The molecule has 0 saturated carbocycles. The summed E-state index contributed by atoms with van der Waals surface area (Å²) in [6.07, 6.45) is 0.634. The first kappa shape index (κ1) is 11.5. The Hall–Kier alpha value is -0.610. The Bertz CT molecular complexity index is 216. The predicted octanol–water partition coefficient (Wildman–Crippen LogP) is 1.34. The lowest BCUT2D eigenvalue weighted by atomic mass is 9.81. The van der Waals surface area contributed by atoms with Crippen LogP contribution >= 0.6 is 0 Å². The molecule has 14 heavy (non-hydrogen) atoms. The zero-order valence-electron chi connectivity index (χ0n) is 9.25. The summed E-state index contributed by atoms with van der Waals surface area (Å²) in [5, 5.41) is 0. The van der Waals surface area contributed by atoms with Crippen molar-refractivity contribution in [2.75, 3.05) is 20.3 Å². The van der Waals surface area contributed by atoms with E-state index in [9.17, 15) is 4.79 Å². The molecule has 0 radical (unpaired) electrons. The lowest BCUT2D eigenvalue weighted by Crippen LogP contribution is -2.50. The molecule has 1 aliphatic heterocycles. The fourth-order valence-corrected chi connectivity index (χ4v) is 1.87. The van der Waals surface area contributed by atoms with Crippen LogP contribution in [0.2, 0.25) is 0 Å². The molecule has 1 saturated heterocycles. The van der Waals surface area contributed by atoms with Crippen molar-refractivity contribution < 1.29 is 19.0 Å². The van der Waals surface area contributed by atoms with Crippen molar-refractivity contribution in [3.63, 3.8) is 0 Å². The van der Waals surface area contributed by atoms with Crippen molar-refractivity contribution in [2.45, 2.75) is 33.0 Å². The van der Waals surface area contributed by atoms with Crippen LogP contribution in [0.3, 0.4) is 0 Å². The summed E-state index contributed by atoms with van der Waals surface area (Å²) in [4.78, 5) is 11.6. The highest BCUT2D eigenvalue weighted by Crippen LogP contribution is 2.41. The predicted molar refractivity (Wildman–Crippen MR) is 50.7 cm³/mol. The largest absolute Gasteiger partial charge is 0.468 e. The number of ether oxygens (including phenoxy) is 3. The van der Waals surface area contributed by atoms with Crippen molar-refractivity contribution >= 4 is 5.97 Å². The lowest BCUT2D eigenvalue weighted by Gasteiger charge is -2.38. The second kappa shape index (κ2) is 3.87. The van der Waals surface area contributed by atoms with Gasteiger partial charge in [0.25, 0.3) is 0 Å². The Labute approximate surface area is 84.5 Å². The number of carbonyl (C=O) groups is 1. The number of hydrogen-bond acceptors (Lipinski definition) is 4. The van der Waals surface area contributed by atoms with E-state index < -0.39 is 11.2 Å². The van der Waals surface area contributed by atoms with Crippen molar-refractivity contribution in [2.24, 2.45) is 5.41 Å². The molecule has 1 rings (SSSR count). The minimum absolute atomic E-state index is 0.304. The molecular weight excluding hydrogens is 184 g/mol. The zero-order chi connectivity index (χ0) is 10.8. The standard InChI is InChI=1S/C10H18O4/c1-5-10(13-6-7-14-10)9(2,3)8(11)12-4/h5-7H2,1-4H3. The quantitative estimate of drug-likeness (QED) is 0.648. The molecule has 1 fully saturated rings. The van der Waals surface area contributed by atoms with Gasteiger partial charge in [0.15, 0.2) is 5.79 Å². The van der Waals surface area contributed by atoms with Crippen LogP contribution in [0.4, 0.5) is 0 Å². The summed E-state index contributed by atoms with van der Waals surface area (Å²) < 4.78 is 15.9. The highest BCUT2D eigenvalue weighted by atomic mass is 16.7. The van der Waals surface area contributed by atoms with Gasteiger partial charge in [0.05, 0.1) is 20.3 Å². The van der Waals surface area contributed by atoms with Crippen LogP contribution in [0, 0.1) is 5.41 Å². The van der Waals surface area contributed by atoms with Crippen molar-refractivity contribution in [1.29, 1.82) is 0 Å². The first-order valence-electron chi connectivity index (χ1n) is 4.86. The van der Waals surface area contributed by atoms with Gasteiger partial charge in [-0.15, -0.1) is 0 Å². The Morgan fingerprint density at radius 2 is 1.93 bits per heavy atom. The molecule has 1 heterocycles. The molecule has 0 aromatic carbocycles. The van der Waals surface area contributed by atoms with E-state index in [0.717, 1.165) is 0 Å². The van der Waals surface area contributed by atoms with E-state index >= 15 is 0 Å². The minimum Gasteiger partial charge on any atom is -0.468 e. The van der Waals surface area contributed by atoms with E-state index in [1.807, 2.05) is 6.92 Å². The number of rotatable bonds is 3. The monoisotopic (exact) mass is 202 g/mol. The van der Waals surface area contributed by atoms with E-state index in [-0.39, 0.29) is 5.97 Å². The third kappa shape index (κ3) is 1.53. The van der Waals surface area contributed by atoms with Gasteiger partial charge in [-0.25, -0.2) is 0 Å². The van der Waals surface area contributed by atoms with E-state index in [2.05, 4.69) is 0 Å². The van der Waals surface area contributed by atoms with Gasteiger partial charge in [-0.2, -0.15) is 0 Å². The molecule has 0 aromatic heterocycles. The summed E-state index contributed by atoms with van der Waals surface area (Å²) in [6, 6.07) is 0. The minimum atomic E-state index is -0.819. The van der Waals surface area contributed by atoms with Crippen LogP contribution in [0.1, 0.15) is 27.2 Å². The highest BCUT2D eigenvalue weighted by molar-refractivity contribution is 5.77. The summed E-state index contributed by atoms with van der Waals surface area (Å²) >= 11 is 0. The van der Waals surface area contributed by atoms with Crippen LogP contribution in [-0.2, 0) is 19.0 Å². The Balaban J connectivity index is 2.92. The second-order valence-corrected chi connectivity index (χ2v) is 3.92. The van der Waals surface area contributed by atoms with Crippen molar-refractivity contribution in [3.05, 3.63) is 0 Å². The van der Waals surface area contributed by atoms with Gasteiger partial charge in [0.1, 0.15) is 5.41 Å². The average molecular weight is 202 g/mol. The van der Waals surface area contributed by atoms with Crippen LogP contribution in [-0.4, -0.2) is 32.1 Å². The molecule has 0 bridgehead atoms. The van der Waals surface area contributed by atoms with Gasteiger partial charge in [-0.3, -0.25) is 4.79 Å². The number of hydrogen-bond donors (Lipinski definition) is 0. The third-order valence-electron chi connectivity index (χ3n) is 2.87. The summed E-state index contributed by atoms with van der Waals surface area (Å²) in [6.45, 7) is 6.58.